The molecule has 1 N–H and O–H groups in total. The molecule has 132 valence electrons. The first-order valence-corrected chi connectivity index (χ1v) is 7.78. The second-order valence-electron chi connectivity index (χ2n) is 6.25. The summed E-state index contributed by atoms with van der Waals surface area (Å²) in [6.45, 7) is 8.03. The van der Waals surface area contributed by atoms with E-state index < -0.39 is 10.9 Å². The van der Waals surface area contributed by atoms with Gasteiger partial charge in [-0.25, -0.2) is 4.79 Å². The summed E-state index contributed by atoms with van der Waals surface area (Å²) in [6.07, 6.45) is 0. The molecule has 8 nitrogen and oxygen atoms in total. The lowest BCUT2D eigenvalue weighted by Gasteiger charge is -2.41. The Balaban J connectivity index is 2.12. The van der Waals surface area contributed by atoms with Crippen LogP contribution in [0.2, 0.25) is 0 Å². The van der Waals surface area contributed by atoms with E-state index in [9.17, 15) is 14.9 Å². The van der Waals surface area contributed by atoms with E-state index in [2.05, 4.69) is 28.8 Å². The molecule has 1 saturated heterocycles. The van der Waals surface area contributed by atoms with E-state index >= 15 is 0 Å². The third-order valence-electron chi connectivity index (χ3n) is 4.19. The van der Waals surface area contributed by atoms with Crippen LogP contribution in [0.5, 0.6) is 0 Å². The fourth-order valence-electron chi connectivity index (χ4n) is 2.68. The average Bonchev–Trinajstić information content (AvgIpc) is 2.59. The summed E-state index contributed by atoms with van der Waals surface area (Å²) in [7, 11) is 1.20. The van der Waals surface area contributed by atoms with Crippen LogP contribution >= 0.6 is 0 Å². The molecule has 0 aromatic heterocycles. The number of benzene rings is 1. The van der Waals surface area contributed by atoms with Crippen LogP contribution in [0.3, 0.4) is 0 Å². The summed E-state index contributed by atoms with van der Waals surface area (Å²) < 4.78 is 10.00. The Bertz CT molecular complexity index is 612. The van der Waals surface area contributed by atoms with Crippen LogP contribution in [0.25, 0.3) is 0 Å². The Morgan fingerprint density at radius 3 is 2.67 bits per heavy atom. The van der Waals surface area contributed by atoms with E-state index in [0.717, 1.165) is 13.1 Å². The van der Waals surface area contributed by atoms with Crippen LogP contribution < -0.4 is 5.32 Å². The van der Waals surface area contributed by atoms with E-state index in [1.165, 1.54) is 19.2 Å². The first-order valence-electron chi connectivity index (χ1n) is 7.78. The van der Waals surface area contributed by atoms with E-state index in [1.807, 2.05) is 0 Å². The highest BCUT2D eigenvalue weighted by atomic mass is 16.6. The normalized spacial score (nSPS) is 15.8. The van der Waals surface area contributed by atoms with Gasteiger partial charge in [-0.15, -0.1) is 0 Å². The summed E-state index contributed by atoms with van der Waals surface area (Å²) in [5, 5.41) is 14.3. The van der Waals surface area contributed by atoms with Gasteiger partial charge >= 0.3 is 5.97 Å². The lowest BCUT2D eigenvalue weighted by atomic mass is 10.0. The van der Waals surface area contributed by atoms with Crippen LogP contribution in [-0.4, -0.2) is 61.3 Å². The van der Waals surface area contributed by atoms with Crippen molar-refractivity contribution in [3.63, 3.8) is 0 Å². The molecule has 0 aliphatic carbocycles. The second kappa shape index (κ2) is 7.59. The van der Waals surface area contributed by atoms with Gasteiger partial charge in [0.25, 0.3) is 5.69 Å². The number of ether oxygens (including phenoxy) is 2. The number of anilines is 1. The number of nitro groups is 1. The number of rotatable bonds is 6. The Labute approximate surface area is 140 Å². The Morgan fingerprint density at radius 1 is 1.42 bits per heavy atom. The predicted octanol–water partition coefficient (Wildman–Crippen LogP) is 1.90. The number of methoxy groups -OCH3 is 1. The Hall–Kier alpha value is -2.19. The molecule has 1 heterocycles. The maximum Gasteiger partial charge on any atom is 0.344 e. The molecule has 0 radical (unpaired) electrons. The van der Waals surface area contributed by atoms with E-state index in [1.54, 1.807) is 6.07 Å². The molecule has 0 spiro atoms. The highest BCUT2D eigenvalue weighted by Crippen LogP contribution is 2.24. The number of esters is 1. The van der Waals surface area contributed by atoms with Crippen molar-refractivity contribution in [1.29, 1.82) is 0 Å². The minimum atomic E-state index is -0.724. The first kappa shape index (κ1) is 18.2. The SMILES string of the molecule is COC(=O)c1cc(NCC(C)(C)N2CCOCC2)ccc1[N+](=O)[O-]. The smallest absolute Gasteiger partial charge is 0.344 e. The highest BCUT2D eigenvalue weighted by molar-refractivity contribution is 5.95. The molecule has 1 aromatic carbocycles. The molecule has 0 amide bonds. The third-order valence-corrected chi connectivity index (χ3v) is 4.19. The monoisotopic (exact) mass is 337 g/mol. The van der Waals surface area contributed by atoms with Crippen LogP contribution in [-0.2, 0) is 9.47 Å². The lowest BCUT2D eigenvalue weighted by molar-refractivity contribution is -0.385. The quantitative estimate of drug-likeness (QED) is 0.481. The van der Waals surface area contributed by atoms with Crippen molar-refractivity contribution >= 4 is 17.3 Å². The van der Waals surface area contributed by atoms with Crippen LogP contribution in [0.15, 0.2) is 18.2 Å². The number of hydrogen-bond acceptors (Lipinski definition) is 7. The van der Waals surface area contributed by atoms with Crippen molar-refractivity contribution in [3.05, 3.63) is 33.9 Å². The zero-order chi connectivity index (χ0) is 17.7. The summed E-state index contributed by atoms with van der Waals surface area (Å²) in [5.41, 5.74) is 0.204. The lowest BCUT2D eigenvalue weighted by Crippen LogP contribution is -2.53. The Morgan fingerprint density at radius 2 is 2.08 bits per heavy atom. The van der Waals surface area contributed by atoms with Crippen molar-refractivity contribution in [3.8, 4) is 0 Å². The number of morpholine rings is 1. The molecule has 0 atom stereocenters. The standard InChI is InChI=1S/C16H23N3O5/c1-16(2,18-6-8-24-9-7-18)11-17-12-4-5-14(19(21)22)13(10-12)15(20)23-3/h4-5,10,17H,6-9,11H2,1-3H3. The van der Waals surface area contributed by atoms with Crippen molar-refractivity contribution in [2.24, 2.45) is 0 Å². The van der Waals surface area contributed by atoms with Gasteiger partial charge in [0.2, 0.25) is 0 Å². The molecule has 24 heavy (non-hydrogen) atoms. The zero-order valence-corrected chi connectivity index (χ0v) is 14.2. The number of nitrogens with one attached hydrogen (secondary N) is 1. The van der Waals surface area contributed by atoms with E-state index in [-0.39, 0.29) is 16.8 Å². The molecular formula is C16H23N3O5. The zero-order valence-electron chi connectivity index (χ0n) is 14.2. The number of nitro benzene ring substituents is 1. The molecule has 0 unspecified atom stereocenters. The fourth-order valence-corrected chi connectivity index (χ4v) is 2.68. The van der Waals surface area contributed by atoms with Gasteiger partial charge in [0.1, 0.15) is 5.56 Å². The summed E-state index contributed by atoms with van der Waals surface area (Å²) in [6, 6.07) is 4.37. The van der Waals surface area contributed by atoms with Gasteiger partial charge in [-0.05, 0) is 26.0 Å². The highest BCUT2D eigenvalue weighted by Gasteiger charge is 2.28. The minimum absolute atomic E-state index is 0.0586. The molecule has 2 rings (SSSR count). The third kappa shape index (κ3) is 4.21. The van der Waals surface area contributed by atoms with Crippen LogP contribution in [0.4, 0.5) is 11.4 Å². The predicted molar refractivity (Wildman–Crippen MR) is 89.4 cm³/mol. The van der Waals surface area contributed by atoms with Crippen molar-refractivity contribution in [2.45, 2.75) is 19.4 Å². The van der Waals surface area contributed by atoms with Crippen molar-refractivity contribution < 1.29 is 19.2 Å². The molecule has 0 saturated carbocycles. The van der Waals surface area contributed by atoms with Gasteiger partial charge in [-0.2, -0.15) is 0 Å². The summed E-state index contributed by atoms with van der Waals surface area (Å²) in [5.74, 6) is -0.724. The number of carbonyl (C=O) groups excluding carboxylic acids is 1. The van der Waals surface area contributed by atoms with Crippen molar-refractivity contribution in [2.75, 3.05) is 45.3 Å². The molecule has 0 bridgehead atoms. The first-order chi connectivity index (χ1) is 11.3. The van der Waals surface area contributed by atoms with Gasteiger partial charge in [0, 0.05) is 36.9 Å². The second-order valence-corrected chi connectivity index (χ2v) is 6.25. The van der Waals surface area contributed by atoms with Crippen molar-refractivity contribution in [1.82, 2.24) is 4.90 Å². The van der Waals surface area contributed by atoms with Gasteiger partial charge in [-0.1, -0.05) is 0 Å². The van der Waals surface area contributed by atoms with Gasteiger partial charge < -0.3 is 14.8 Å². The number of nitrogens with zero attached hydrogens (tertiary/aromatic N) is 2. The molecular weight excluding hydrogens is 314 g/mol. The molecule has 1 aliphatic rings. The summed E-state index contributed by atoms with van der Waals surface area (Å²) in [4.78, 5) is 24.5. The van der Waals surface area contributed by atoms with E-state index in [4.69, 9.17) is 4.74 Å². The number of hydrogen-bond donors (Lipinski definition) is 1. The maximum absolute atomic E-state index is 11.8. The van der Waals surface area contributed by atoms with Crippen LogP contribution in [0.1, 0.15) is 24.2 Å². The minimum Gasteiger partial charge on any atom is -0.465 e. The fraction of sp³-hybridized carbons (Fsp3) is 0.562. The molecule has 1 aromatic rings. The topological polar surface area (TPSA) is 93.9 Å². The molecule has 8 heteroatoms. The maximum atomic E-state index is 11.8. The average molecular weight is 337 g/mol. The van der Waals surface area contributed by atoms with Gasteiger partial charge in [0.15, 0.2) is 0 Å². The van der Waals surface area contributed by atoms with Gasteiger partial charge in [0.05, 0.1) is 25.2 Å². The number of carbonyl (C=O) groups is 1. The molecule has 1 aliphatic heterocycles. The largest absolute Gasteiger partial charge is 0.465 e. The van der Waals surface area contributed by atoms with E-state index in [0.29, 0.717) is 25.4 Å². The summed E-state index contributed by atoms with van der Waals surface area (Å²) >= 11 is 0. The van der Waals surface area contributed by atoms with Gasteiger partial charge in [-0.3, -0.25) is 15.0 Å². The van der Waals surface area contributed by atoms with Crippen LogP contribution in [0, 0.1) is 10.1 Å². The molecule has 1 fully saturated rings. The Kier molecular flexibility index (Phi) is 5.74.